The van der Waals surface area contributed by atoms with Gasteiger partial charge in [-0.05, 0) is 56.0 Å². The minimum atomic E-state index is -0.431. The highest BCUT2D eigenvalue weighted by Gasteiger charge is 2.15. The van der Waals surface area contributed by atoms with Crippen LogP contribution in [0.2, 0.25) is 0 Å². The fourth-order valence-corrected chi connectivity index (χ4v) is 3.34. The fourth-order valence-electron chi connectivity index (χ4n) is 3.34. The van der Waals surface area contributed by atoms with Gasteiger partial charge in [0.15, 0.2) is 0 Å². The predicted molar refractivity (Wildman–Crippen MR) is 107 cm³/mol. The zero-order valence-corrected chi connectivity index (χ0v) is 15.7. The van der Waals surface area contributed by atoms with Gasteiger partial charge in [0.25, 0.3) is 0 Å². The Kier molecular flexibility index (Phi) is 6.47. The van der Waals surface area contributed by atoms with Gasteiger partial charge in [0.05, 0.1) is 24.3 Å². The van der Waals surface area contributed by atoms with Crippen LogP contribution in [-0.2, 0) is 16.0 Å². The summed E-state index contributed by atoms with van der Waals surface area (Å²) in [5.74, 6) is -0.586. The summed E-state index contributed by atoms with van der Waals surface area (Å²) in [6.07, 6.45) is 4.05. The summed E-state index contributed by atoms with van der Waals surface area (Å²) in [5.41, 5.74) is 3.01. The Morgan fingerprint density at radius 2 is 1.70 bits per heavy atom. The van der Waals surface area contributed by atoms with E-state index in [2.05, 4.69) is 22.3 Å². The van der Waals surface area contributed by atoms with Crippen molar-refractivity contribution in [1.29, 1.82) is 0 Å². The van der Waals surface area contributed by atoms with Crippen molar-refractivity contribution in [2.24, 2.45) is 0 Å². The third kappa shape index (κ3) is 5.09. The van der Waals surface area contributed by atoms with E-state index in [1.807, 2.05) is 12.1 Å². The summed E-state index contributed by atoms with van der Waals surface area (Å²) in [4.78, 5) is 26.8. The van der Waals surface area contributed by atoms with Gasteiger partial charge in [0.1, 0.15) is 0 Å². The van der Waals surface area contributed by atoms with Crippen LogP contribution in [0.25, 0.3) is 0 Å². The molecule has 5 heteroatoms. The lowest BCUT2D eigenvalue weighted by Gasteiger charge is -2.28. The van der Waals surface area contributed by atoms with E-state index in [9.17, 15) is 9.59 Å². The third-order valence-corrected chi connectivity index (χ3v) is 4.72. The second kappa shape index (κ2) is 9.21. The molecular weight excluding hydrogens is 340 g/mol. The van der Waals surface area contributed by atoms with Crippen LogP contribution in [0.5, 0.6) is 0 Å². The molecule has 142 valence electrons. The summed E-state index contributed by atoms with van der Waals surface area (Å²) in [7, 11) is 0. The zero-order chi connectivity index (χ0) is 19.1. The monoisotopic (exact) mass is 366 g/mol. The highest BCUT2D eigenvalue weighted by atomic mass is 16.5. The van der Waals surface area contributed by atoms with Crippen LogP contribution in [0.4, 0.5) is 11.4 Å². The quantitative estimate of drug-likeness (QED) is 0.784. The molecule has 2 aromatic carbocycles. The lowest BCUT2D eigenvalue weighted by atomic mass is 10.1. The molecular formula is C22H26N2O3. The summed E-state index contributed by atoms with van der Waals surface area (Å²) in [5, 5.41) is 2.83. The van der Waals surface area contributed by atoms with Gasteiger partial charge in [-0.1, -0.05) is 24.3 Å². The number of anilines is 2. The van der Waals surface area contributed by atoms with Crippen molar-refractivity contribution in [1.82, 2.24) is 0 Å². The summed E-state index contributed by atoms with van der Waals surface area (Å²) in [6, 6.07) is 15.1. The number of hydrogen-bond acceptors (Lipinski definition) is 4. The third-order valence-electron chi connectivity index (χ3n) is 4.72. The maximum atomic E-state index is 12.4. The normalized spacial score (nSPS) is 13.9. The van der Waals surface area contributed by atoms with Gasteiger partial charge in [-0.25, -0.2) is 4.79 Å². The molecule has 5 nitrogen and oxygen atoms in total. The lowest BCUT2D eigenvalue weighted by molar-refractivity contribution is -0.115. The predicted octanol–water partition coefficient (Wildman–Crippen LogP) is 4.03. The molecule has 1 saturated heterocycles. The van der Waals surface area contributed by atoms with Crippen molar-refractivity contribution >= 4 is 23.3 Å². The van der Waals surface area contributed by atoms with Crippen LogP contribution in [-0.4, -0.2) is 31.6 Å². The maximum Gasteiger partial charge on any atom is 0.340 e. The second-order valence-corrected chi connectivity index (χ2v) is 6.71. The van der Waals surface area contributed by atoms with Crippen molar-refractivity contribution in [2.75, 3.05) is 29.9 Å². The first-order chi connectivity index (χ1) is 13.2. The molecule has 0 atom stereocenters. The molecule has 3 rings (SSSR count). The number of rotatable bonds is 6. The van der Waals surface area contributed by atoms with Gasteiger partial charge in [-0.15, -0.1) is 0 Å². The summed E-state index contributed by atoms with van der Waals surface area (Å²) >= 11 is 0. The lowest BCUT2D eigenvalue weighted by Crippen LogP contribution is -2.29. The van der Waals surface area contributed by atoms with Gasteiger partial charge in [-0.2, -0.15) is 0 Å². The molecule has 0 spiro atoms. The average molecular weight is 366 g/mol. The second-order valence-electron chi connectivity index (χ2n) is 6.71. The number of para-hydroxylation sites is 1. The maximum absolute atomic E-state index is 12.4. The molecule has 1 aliphatic heterocycles. The fraction of sp³-hybridized carbons (Fsp3) is 0.364. The number of nitrogens with one attached hydrogen (secondary N) is 1. The number of piperidine rings is 1. The van der Waals surface area contributed by atoms with Gasteiger partial charge in [-0.3, -0.25) is 4.79 Å². The molecule has 0 saturated carbocycles. The smallest absolute Gasteiger partial charge is 0.340 e. The number of carbonyl (C=O) groups excluding carboxylic acids is 2. The zero-order valence-electron chi connectivity index (χ0n) is 15.7. The molecule has 1 heterocycles. The first kappa shape index (κ1) is 19.0. The van der Waals surface area contributed by atoms with Gasteiger partial charge >= 0.3 is 5.97 Å². The Hall–Kier alpha value is -2.82. The Labute approximate surface area is 160 Å². The molecule has 0 unspecified atom stereocenters. The van der Waals surface area contributed by atoms with E-state index < -0.39 is 5.97 Å². The summed E-state index contributed by atoms with van der Waals surface area (Å²) < 4.78 is 5.04. The van der Waals surface area contributed by atoms with E-state index in [1.54, 1.807) is 31.2 Å². The minimum absolute atomic E-state index is 0.155. The molecule has 2 aromatic rings. The first-order valence-electron chi connectivity index (χ1n) is 9.57. The molecule has 0 radical (unpaired) electrons. The minimum Gasteiger partial charge on any atom is -0.462 e. The van der Waals surface area contributed by atoms with E-state index >= 15 is 0 Å². The van der Waals surface area contributed by atoms with Gasteiger partial charge in [0, 0.05) is 18.8 Å². The number of amides is 1. The van der Waals surface area contributed by atoms with E-state index in [4.69, 9.17) is 4.74 Å². The number of benzene rings is 2. The molecule has 0 aliphatic carbocycles. The highest BCUT2D eigenvalue weighted by Crippen LogP contribution is 2.21. The van der Waals surface area contributed by atoms with E-state index in [0.717, 1.165) is 18.7 Å². The van der Waals surface area contributed by atoms with Gasteiger partial charge < -0.3 is 15.0 Å². The molecule has 0 bridgehead atoms. The van der Waals surface area contributed by atoms with Crippen LogP contribution in [0.1, 0.15) is 42.1 Å². The molecule has 1 N–H and O–H groups in total. The number of nitrogens with zero attached hydrogens (tertiary/aromatic N) is 1. The highest BCUT2D eigenvalue weighted by molar-refractivity contribution is 6.01. The Morgan fingerprint density at radius 1 is 1.00 bits per heavy atom. The van der Waals surface area contributed by atoms with E-state index in [-0.39, 0.29) is 12.3 Å². The first-order valence-corrected chi connectivity index (χ1v) is 9.57. The number of carbonyl (C=O) groups is 2. The Balaban J connectivity index is 1.62. The topological polar surface area (TPSA) is 58.6 Å². The van der Waals surface area contributed by atoms with Crippen LogP contribution in [0, 0.1) is 0 Å². The molecule has 27 heavy (non-hydrogen) atoms. The van der Waals surface area contributed by atoms with Crippen LogP contribution < -0.4 is 10.2 Å². The number of esters is 1. The Morgan fingerprint density at radius 3 is 2.41 bits per heavy atom. The number of ether oxygens (including phenoxy) is 1. The van der Waals surface area contributed by atoms with Crippen LogP contribution >= 0.6 is 0 Å². The molecule has 1 aliphatic rings. The van der Waals surface area contributed by atoms with Crippen LogP contribution in [0.3, 0.4) is 0 Å². The molecule has 1 fully saturated rings. The molecule has 1 amide bonds. The van der Waals surface area contributed by atoms with Gasteiger partial charge in [0.2, 0.25) is 5.91 Å². The van der Waals surface area contributed by atoms with Crippen molar-refractivity contribution in [3.63, 3.8) is 0 Å². The standard InChI is InChI=1S/C22H26N2O3/c1-2-27-22(26)19-8-4-5-9-20(19)23-21(25)16-17-10-12-18(13-11-17)24-14-6-3-7-15-24/h4-5,8-13H,2-3,6-7,14-16H2,1H3,(H,23,25). The van der Waals surface area contributed by atoms with E-state index in [1.165, 1.54) is 24.9 Å². The SMILES string of the molecule is CCOC(=O)c1ccccc1NC(=O)Cc1ccc(N2CCCCC2)cc1. The van der Waals surface area contributed by atoms with Crippen molar-refractivity contribution in [3.05, 3.63) is 59.7 Å². The Bertz CT molecular complexity index is 780. The molecule has 0 aromatic heterocycles. The van der Waals surface area contributed by atoms with E-state index in [0.29, 0.717) is 17.9 Å². The summed E-state index contributed by atoms with van der Waals surface area (Å²) in [6.45, 7) is 4.26. The van der Waals surface area contributed by atoms with Crippen molar-refractivity contribution in [2.45, 2.75) is 32.6 Å². The number of hydrogen-bond donors (Lipinski definition) is 1. The van der Waals surface area contributed by atoms with Crippen molar-refractivity contribution < 1.29 is 14.3 Å². The average Bonchev–Trinajstić information content (AvgIpc) is 2.70. The van der Waals surface area contributed by atoms with Crippen molar-refractivity contribution in [3.8, 4) is 0 Å². The van der Waals surface area contributed by atoms with Crippen LogP contribution in [0.15, 0.2) is 48.5 Å². The largest absolute Gasteiger partial charge is 0.462 e.